The van der Waals surface area contributed by atoms with Crippen LogP contribution in [0.2, 0.25) is 0 Å². The third kappa shape index (κ3) is 4.90. The molecular formula is C22H26FN7O4S. The number of fused-ring (bicyclic) bond motifs is 6. The highest BCUT2D eigenvalue weighted by Gasteiger charge is 2.21. The van der Waals surface area contributed by atoms with Crippen molar-refractivity contribution >= 4 is 60.3 Å². The SMILES string of the molecule is COC(=O)N[C@@H](C)CNc1ncc2c3ccc(NS(C)(=O)=O)c(F)c3c3nn(C(C)C)cc3c2n1. The number of nitrogens with zero attached hydrogens (tertiary/aromatic N) is 4. The topological polar surface area (TPSA) is 140 Å². The number of ether oxygens (including phenoxy) is 1. The quantitative estimate of drug-likeness (QED) is 0.326. The van der Waals surface area contributed by atoms with Gasteiger partial charge >= 0.3 is 6.09 Å². The summed E-state index contributed by atoms with van der Waals surface area (Å²) in [5, 5.41) is 12.2. The van der Waals surface area contributed by atoms with Gasteiger partial charge in [-0.05, 0) is 32.2 Å². The predicted octanol–water partition coefficient (Wildman–Crippen LogP) is 3.38. The van der Waals surface area contributed by atoms with Gasteiger partial charge in [-0.3, -0.25) is 9.40 Å². The van der Waals surface area contributed by atoms with Gasteiger partial charge in [0.25, 0.3) is 0 Å². The molecule has 0 bridgehead atoms. The molecule has 0 unspecified atom stereocenters. The Bertz CT molecular complexity index is 1550. The summed E-state index contributed by atoms with van der Waals surface area (Å²) in [6, 6.07) is 2.74. The third-order valence-electron chi connectivity index (χ3n) is 5.39. The molecule has 4 rings (SSSR count). The number of hydrogen-bond acceptors (Lipinski definition) is 8. The van der Waals surface area contributed by atoms with Crippen LogP contribution in [0.15, 0.2) is 24.5 Å². The zero-order valence-corrected chi connectivity index (χ0v) is 20.7. The first-order chi connectivity index (χ1) is 16.5. The molecule has 0 aliphatic heterocycles. The smallest absolute Gasteiger partial charge is 0.407 e. The predicted molar refractivity (Wildman–Crippen MR) is 133 cm³/mol. The van der Waals surface area contributed by atoms with Crippen LogP contribution in [0.5, 0.6) is 0 Å². The standard InChI is InChI=1S/C22H26FN7O4S/c1-11(2)30-10-15-19-14(9-25-21(27-19)24-8-12(3)26-22(31)34-4)13-6-7-16(29-35(5,32)33)18(23)17(13)20(15)28-30/h6-7,9-12,29H,8H2,1-5H3,(H,26,31)(H,24,25,27)/t12-/m0/s1. The van der Waals surface area contributed by atoms with E-state index in [1.165, 1.54) is 13.2 Å². The van der Waals surface area contributed by atoms with Crippen molar-refractivity contribution in [1.82, 2.24) is 25.1 Å². The summed E-state index contributed by atoms with van der Waals surface area (Å²) in [4.78, 5) is 20.4. The Kier molecular flexibility index (Phi) is 6.36. The van der Waals surface area contributed by atoms with E-state index in [4.69, 9.17) is 0 Å². The number of sulfonamides is 1. The van der Waals surface area contributed by atoms with Crippen LogP contribution < -0.4 is 15.4 Å². The van der Waals surface area contributed by atoms with Gasteiger partial charge in [-0.15, -0.1) is 0 Å². The summed E-state index contributed by atoms with van der Waals surface area (Å²) >= 11 is 0. The number of methoxy groups -OCH3 is 1. The maximum absolute atomic E-state index is 15.6. The number of nitrogens with one attached hydrogen (secondary N) is 3. The van der Waals surface area contributed by atoms with Crippen LogP contribution in [0.25, 0.3) is 32.6 Å². The normalized spacial score (nSPS) is 12.9. The van der Waals surface area contributed by atoms with Gasteiger partial charge in [0.1, 0.15) is 5.52 Å². The number of rotatable bonds is 7. The first kappa shape index (κ1) is 24.4. The van der Waals surface area contributed by atoms with Crippen LogP contribution in [-0.4, -0.2) is 60.2 Å². The summed E-state index contributed by atoms with van der Waals surface area (Å²) < 4.78 is 47.6. The third-order valence-corrected chi connectivity index (χ3v) is 5.98. The van der Waals surface area contributed by atoms with Crippen molar-refractivity contribution in [2.75, 3.05) is 29.9 Å². The van der Waals surface area contributed by atoms with Gasteiger partial charge in [0, 0.05) is 47.2 Å². The van der Waals surface area contributed by atoms with Crippen molar-refractivity contribution in [3.05, 3.63) is 30.3 Å². The zero-order chi connectivity index (χ0) is 25.5. The second kappa shape index (κ2) is 9.13. The van der Waals surface area contributed by atoms with Gasteiger partial charge < -0.3 is 15.4 Å². The molecule has 13 heteroatoms. The minimum atomic E-state index is -3.68. The fourth-order valence-electron chi connectivity index (χ4n) is 3.75. The maximum Gasteiger partial charge on any atom is 0.407 e. The molecule has 2 aromatic carbocycles. The number of hydrogen-bond donors (Lipinski definition) is 3. The lowest BCUT2D eigenvalue weighted by atomic mass is 10.0. The Balaban J connectivity index is 1.88. The molecule has 11 nitrogen and oxygen atoms in total. The van der Waals surface area contributed by atoms with Gasteiger partial charge in [0.15, 0.2) is 5.82 Å². The molecule has 1 amide bonds. The Labute approximate surface area is 201 Å². The highest BCUT2D eigenvalue weighted by Crippen LogP contribution is 2.37. The van der Waals surface area contributed by atoms with E-state index in [-0.39, 0.29) is 23.2 Å². The number of aromatic nitrogens is 4. The first-order valence-corrected chi connectivity index (χ1v) is 12.7. The number of anilines is 2. The molecule has 3 N–H and O–H groups in total. The van der Waals surface area contributed by atoms with Crippen molar-refractivity contribution in [3.63, 3.8) is 0 Å². The molecule has 1 atom stereocenters. The molecule has 0 aliphatic carbocycles. The van der Waals surface area contributed by atoms with Crippen molar-refractivity contribution in [1.29, 1.82) is 0 Å². The molecule has 0 saturated heterocycles. The van der Waals surface area contributed by atoms with Crippen LogP contribution in [0.4, 0.5) is 20.8 Å². The molecule has 2 heterocycles. The number of halogens is 1. The lowest BCUT2D eigenvalue weighted by molar-refractivity contribution is 0.168. The molecule has 0 spiro atoms. The Morgan fingerprint density at radius 1 is 1.17 bits per heavy atom. The van der Waals surface area contributed by atoms with Crippen LogP contribution in [0.1, 0.15) is 26.8 Å². The molecule has 4 aromatic rings. The second-order valence-corrected chi connectivity index (χ2v) is 10.3. The second-order valence-electron chi connectivity index (χ2n) is 8.56. The van der Waals surface area contributed by atoms with Crippen molar-refractivity contribution in [2.24, 2.45) is 0 Å². The molecular weight excluding hydrogens is 477 g/mol. The number of amides is 1. The van der Waals surface area contributed by atoms with E-state index >= 15 is 4.39 Å². The molecule has 0 fully saturated rings. The monoisotopic (exact) mass is 503 g/mol. The molecule has 35 heavy (non-hydrogen) atoms. The summed E-state index contributed by atoms with van der Waals surface area (Å²) in [5.41, 5.74) is 0.765. The van der Waals surface area contributed by atoms with E-state index in [1.807, 2.05) is 13.8 Å². The molecule has 2 aromatic heterocycles. The molecule has 0 radical (unpaired) electrons. The van der Waals surface area contributed by atoms with E-state index in [0.29, 0.717) is 39.7 Å². The van der Waals surface area contributed by atoms with E-state index in [1.54, 1.807) is 30.1 Å². The summed E-state index contributed by atoms with van der Waals surface area (Å²) in [7, 11) is -2.39. The fraction of sp³-hybridized carbons (Fsp3) is 0.364. The number of carbonyl (C=O) groups is 1. The zero-order valence-electron chi connectivity index (χ0n) is 19.9. The van der Waals surface area contributed by atoms with Gasteiger partial charge in [-0.25, -0.2) is 27.6 Å². The average Bonchev–Trinajstić information content (AvgIpc) is 3.24. The summed E-state index contributed by atoms with van der Waals surface area (Å²) in [5.74, 6) is -0.400. The van der Waals surface area contributed by atoms with Crippen LogP contribution >= 0.6 is 0 Å². The van der Waals surface area contributed by atoms with Gasteiger partial charge in [-0.1, -0.05) is 6.07 Å². The van der Waals surface area contributed by atoms with Gasteiger partial charge in [0.2, 0.25) is 16.0 Å². The Morgan fingerprint density at radius 2 is 1.91 bits per heavy atom. The molecule has 186 valence electrons. The van der Waals surface area contributed by atoms with Crippen molar-refractivity contribution in [2.45, 2.75) is 32.9 Å². The highest BCUT2D eigenvalue weighted by atomic mass is 32.2. The fourth-order valence-corrected chi connectivity index (χ4v) is 4.31. The molecule has 0 aliphatic rings. The first-order valence-electron chi connectivity index (χ1n) is 10.8. The van der Waals surface area contributed by atoms with E-state index in [2.05, 4.69) is 35.2 Å². The summed E-state index contributed by atoms with van der Waals surface area (Å²) in [6.45, 7) is 6.04. The van der Waals surface area contributed by atoms with Crippen LogP contribution in [0, 0.1) is 5.82 Å². The summed E-state index contributed by atoms with van der Waals surface area (Å²) in [6.07, 6.45) is 3.79. The largest absolute Gasteiger partial charge is 0.453 e. The van der Waals surface area contributed by atoms with Gasteiger partial charge in [-0.2, -0.15) is 5.10 Å². The van der Waals surface area contributed by atoms with Crippen LogP contribution in [-0.2, 0) is 14.8 Å². The highest BCUT2D eigenvalue weighted by molar-refractivity contribution is 7.92. The Morgan fingerprint density at radius 3 is 2.57 bits per heavy atom. The lowest BCUT2D eigenvalue weighted by Gasteiger charge is -2.14. The van der Waals surface area contributed by atoms with Gasteiger partial charge in [0.05, 0.1) is 24.6 Å². The van der Waals surface area contributed by atoms with Crippen LogP contribution in [0.3, 0.4) is 0 Å². The Hall–Kier alpha value is -3.74. The van der Waals surface area contributed by atoms with E-state index in [9.17, 15) is 13.2 Å². The number of carbonyl (C=O) groups excluding carboxylic acids is 1. The van der Waals surface area contributed by atoms with Crippen molar-refractivity contribution in [3.8, 4) is 0 Å². The minimum Gasteiger partial charge on any atom is -0.453 e. The van der Waals surface area contributed by atoms with E-state index < -0.39 is 21.9 Å². The number of alkyl carbamates (subject to hydrolysis) is 1. The average molecular weight is 504 g/mol. The molecule has 0 saturated carbocycles. The maximum atomic E-state index is 15.6. The minimum absolute atomic E-state index is 0.00225. The van der Waals surface area contributed by atoms with E-state index in [0.717, 1.165) is 6.26 Å². The van der Waals surface area contributed by atoms with Crippen molar-refractivity contribution < 1.29 is 22.3 Å². The lowest BCUT2D eigenvalue weighted by Crippen LogP contribution is -2.37. The number of benzene rings is 2.